The first kappa shape index (κ1) is 17.0. The van der Waals surface area contributed by atoms with Crippen LogP contribution < -0.4 is 5.32 Å². The van der Waals surface area contributed by atoms with Crippen molar-refractivity contribution in [2.45, 2.75) is 25.2 Å². The van der Waals surface area contributed by atoms with E-state index in [1.165, 1.54) is 28.3 Å². The van der Waals surface area contributed by atoms with Gasteiger partial charge in [-0.15, -0.1) is 11.3 Å². The van der Waals surface area contributed by atoms with Gasteiger partial charge in [0.1, 0.15) is 11.3 Å². The lowest BCUT2D eigenvalue weighted by Crippen LogP contribution is -2.51. The summed E-state index contributed by atoms with van der Waals surface area (Å²) in [5.74, 6) is -0.420. The second kappa shape index (κ2) is 6.94. The summed E-state index contributed by atoms with van der Waals surface area (Å²) in [6.07, 6.45) is 3.35. The van der Waals surface area contributed by atoms with E-state index >= 15 is 0 Å². The summed E-state index contributed by atoms with van der Waals surface area (Å²) in [7, 11) is 0. The van der Waals surface area contributed by atoms with Crippen LogP contribution in [0.1, 0.15) is 20.2 Å². The van der Waals surface area contributed by atoms with Crippen LogP contribution in [0.25, 0.3) is 0 Å². The van der Waals surface area contributed by atoms with Crippen molar-refractivity contribution >= 4 is 17.2 Å². The van der Waals surface area contributed by atoms with Gasteiger partial charge in [0.2, 0.25) is 0 Å². The van der Waals surface area contributed by atoms with E-state index < -0.39 is 17.6 Å². The van der Waals surface area contributed by atoms with E-state index in [0.29, 0.717) is 19.6 Å². The molecule has 0 bridgehead atoms. The molecular formula is C16H20N4O3S. The highest BCUT2D eigenvalue weighted by molar-refractivity contribution is 7.11. The Balaban J connectivity index is 1.57. The number of carbonyl (C=O) groups excluding carboxylic acids is 1. The average molecular weight is 348 g/mol. The Morgan fingerprint density at radius 2 is 2.33 bits per heavy atom. The van der Waals surface area contributed by atoms with Crippen molar-refractivity contribution < 1.29 is 15.0 Å². The van der Waals surface area contributed by atoms with Crippen LogP contribution in [-0.2, 0) is 6.54 Å². The maximum atomic E-state index is 12.0. The molecule has 2 aromatic rings. The quantitative estimate of drug-likeness (QED) is 0.713. The maximum absolute atomic E-state index is 12.0. The zero-order valence-corrected chi connectivity index (χ0v) is 14.2. The standard InChI is InChI=1S/C16H20N4O3S/c1-11-2-3-12(24-11)7-20-8-14(21)16(23,10-20)9-19-15(22)13-6-17-4-5-18-13/h2-6,14,21,23H,7-10H2,1H3,(H,19,22)/t14-,16+/m1/s1. The zero-order valence-electron chi connectivity index (χ0n) is 13.3. The molecule has 0 spiro atoms. The predicted molar refractivity (Wildman–Crippen MR) is 89.7 cm³/mol. The van der Waals surface area contributed by atoms with Crippen molar-refractivity contribution in [3.8, 4) is 0 Å². The molecule has 7 nitrogen and oxygen atoms in total. The average Bonchev–Trinajstić information content (AvgIpc) is 3.09. The smallest absolute Gasteiger partial charge is 0.271 e. The van der Waals surface area contributed by atoms with Crippen LogP contribution in [0.3, 0.4) is 0 Å². The molecule has 0 unspecified atom stereocenters. The number of aliphatic hydroxyl groups is 2. The summed E-state index contributed by atoms with van der Waals surface area (Å²) < 4.78 is 0. The largest absolute Gasteiger partial charge is 0.389 e. The fourth-order valence-corrected chi connectivity index (χ4v) is 3.73. The predicted octanol–water partition coefficient (Wildman–Crippen LogP) is 0.184. The van der Waals surface area contributed by atoms with E-state index in [-0.39, 0.29) is 12.2 Å². The van der Waals surface area contributed by atoms with Crippen LogP contribution in [0.2, 0.25) is 0 Å². The van der Waals surface area contributed by atoms with Gasteiger partial charge in [-0.25, -0.2) is 4.98 Å². The molecule has 24 heavy (non-hydrogen) atoms. The van der Waals surface area contributed by atoms with E-state index in [9.17, 15) is 15.0 Å². The van der Waals surface area contributed by atoms with Gasteiger partial charge in [0.25, 0.3) is 5.91 Å². The molecule has 2 atom stereocenters. The number of rotatable bonds is 5. The zero-order chi connectivity index (χ0) is 17.2. The first-order valence-corrected chi connectivity index (χ1v) is 8.50. The van der Waals surface area contributed by atoms with Gasteiger partial charge < -0.3 is 15.5 Å². The van der Waals surface area contributed by atoms with Gasteiger partial charge in [-0.1, -0.05) is 0 Å². The Hall–Kier alpha value is -1.87. The first-order chi connectivity index (χ1) is 11.5. The summed E-state index contributed by atoms with van der Waals surface area (Å²) in [6.45, 7) is 3.35. The van der Waals surface area contributed by atoms with E-state index in [4.69, 9.17) is 0 Å². The molecule has 3 heterocycles. The normalized spacial score (nSPS) is 24.2. The van der Waals surface area contributed by atoms with Crippen LogP contribution in [0, 0.1) is 6.92 Å². The lowest BCUT2D eigenvalue weighted by Gasteiger charge is -2.26. The lowest BCUT2D eigenvalue weighted by atomic mass is 10.0. The number of hydrogen-bond acceptors (Lipinski definition) is 7. The van der Waals surface area contributed by atoms with Crippen LogP contribution in [0.5, 0.6) is 0 Å². The number of β-amino-alcohol motifs (C(OH)–C–C–N with tert-alkyl or cyclic N) is 2. The molecule has 0 radical (unpaired) electrons. The van der Waals surface area contributed by atoms with Crippen molar-refractivity contribution in [1.29, 1.82) is 0 Å². The molecule has 8 heteroatoms. The van der Waals surface area contributed by atoms with Crippen molar-refractivity contribution in [3.05, 3.63) is 46.2 Å². The lowest BCUT2D eigenvalue weighted by molar-refractivity contribution is -0.0377. The Bertz CT molecular complexity index is 708. The highest BCUT2D eigenvalue weighted by atomic mass is 32.1. The molecule has 1 fully saturated rings. The minimum absolute atomic E-state index is 0.0382. The van der Waals surface area contributed by atoms with Gasteiger partial charge in [0, 0.05) is 41.8 Å². The van der Waals surface area contributed by atoms with Gasteiger partial charge in [-0.05, 0) is 19.1 Å². The third-order valence-electron chi connectivity index (χ3n) is 4.08. The minimum Gasteiger partial charge on any atom is -0.389 e. The second-order valence-corrected chi connectivity index (χ2v) is 7.45. The molecule has 1 aliphatic heterocycles. The number of hydrogen-bond donors (Lipinski definition) is 3. The van der Waals surface area contributed by atoms with Gasteiger partial charge in [0.05, 0.1) is 18.8 Å². The minimum atomic E-state index is -1.37. The number of thiophene rings is 1. The van der Waals surface area contributed by atoms with Crippen molar-refractivity contribution in [2.75, 3.05) is 19.6 Å². The Morgan fingerprint density at radius 3 is 3.00 bits per heavy atom. The SMILES string of the molecule is Cc1ccc(CN2C[C@@H](O)[C@](O)(CNC(=O)c3cnccn3)C2)s1. The molecule has 1 aliphatic rings. The number of nitrogens with zero attached hydrogens (tertiary/aromatic N) is 3. The van der Waals surface area contributed by atoms with Crippen LogP contribution >= 0.6 is 11.3 Å². The van der Waals surface area contributed by atoms with Crippen LogP contribution in [-0.4, -0.2) is 62.3 Å². The Labute approximate surface area is 144 Å². The number of nitrogens with one attached hydrogen (secondary N) is 1. The van der Waals surface area contributed by atoms with Crippen LogP contribution in [0.15, 0.2) is 30.7 Å². The number of carbonyl (C=O) groups is 1. The summed E-state index contributed by atoms with van der Waals surface area (Å²) in [5.41, 5.74) is -1.19. The topological polar surface area (TPSA) is 98.6 Å². The maximum Gasteiger partial charge on any atom is 0.271 e. The summed E-state index contributed by atoms with van der Waals surface area (Å²) >= 11 is 1.70. The van der Waals surface area contributed by atoms with Crippen molar-refractivity contribution in [3.63, 3.8) is 0 Å². The van der Waals surface area contributed by atoms with Gasteiger partial charge in [-0.3, -0.25) is 14.7 Å². The molecule has 0 saturated carbocycles. The number of likely N-dealkylation sites (tertiary alicyclic amines) is 1. The van der Waals surface area contributed by atoms with Gasteiger partial charge in [0.15, 0.2) is 0 Å². The fourth-order valence-electron chi connectivity index (χ4n) is 2.80. The number of aliphatic hydroxyl groups excluding tert-OH is 1. The van der Waals surface area contributed by atoms with Gasteiger partial charge >= 0.3 is 0 Å². The van der Waals surface area contributed by atoms with E-state index in [0.717, 1.165) is 0 Å². The molecule has 3 rings (SSSR count). The monoisotopic (exact) mass is 348 g/mol. The number of amides is 1. The van der Waals surface area contributed by atoms with Gasteiger partial charge in [-0.2, -0.15) is 0 Å². The fraction of sp³-hybridized carbons (Fsp3) is 0.438. The first-order valence-electron chi connectivity index (χ1n) is 7.68. The highest BCUT2D eigenvalue weighted by Gasteiger charge is 2.44. The molecule has 3 N–H and O–H groups in total. The summed E-state index contributed by atoms with van der Waals surface area (Å²) in [5, 5.41) is 23.5. The molecule has 0 aromatic carbocycles. The Morgan fingerprint density at radius 1 is 1.50 bits per heavy atom. The van der Waals surface area contributed by atoms with E-state index in [2.05, 4.69) is 27.4 Å². The number of aromatic nitrogens is 2. The third kappa shape index (κ3) is 3.78. The second-order valence-electron chi connectivity index (χ2n) is 6.07. The third-order valence-corrected chi connectivity index (χ3v) is 5.06. The molecule has 1 amide bonds. The van der Waals surface area contributed by atoms with E-state index in [1.807, 2.05) is 11.8 Å². The molecule has 1 saturated heterocycles. The van der Waals surface area contributed by atoms with Crippen molar-refractivity contribution in [1.82, 2.24) is 20.2 Å². The van der Waals surface area contributed by atoms with Crippen LogP contribution in [0.4, 0.5) is 0 Å². The summed E-state index contributed by atoms with van der Waals surface area (Å²) in [6, 6.07) is 4.11. The van der Waals surface area contributed by atoms with E-state index in [1.54, 1.807) is 11.3 Å². The summed E-state index contributed by atoms with van der Waals surface area (Å²) in [4.78, 5) is 24.2. The number of aryl methyl sites for hydroxylation is 1. The Kier molecular flexibility index (Phi) is 4.91. The molecule has 2 aromatic heterocycles. The van der Waals surface area contributed by atoms with Crippen molar-refractivity contribution in [2.24, 2.45) is 0 Å². The molecular weight excluding hydrogens is 328 g/mol. The highest BCUT2D eigenvalue weighted by Crippen LogP contribution is 2.25. The molecule has 128 valence electrons. The molecule has 0 aliphatic carbocycles.